The monoisotopic (exact) mass is 176 g/mol. The van der Waals surface area contributed by atoms with Crippen LogP contribution in [0.1, 0.15) is 6.92 Å². The predicted molar refractivity (Wildman–Crippen MR) is 41.2 cm³/mol. The maximum absolute atomic E-state index is 5.80. The second-order valence-electron chi connectivity index (χ2n) is 2.74. The van der Waals surface area contributed by atoms with Crippen molar-refractivity contribution in [1.82, 2.24) is 0 Å². The molecule has 10 heavy (non-hydrogen) atoms. The lowest BCUT2D eigenvalue weighted by Gasteiger charge is -2.04. The highest BCUT2D eigenvalue weighted by Gasteiger charge is 2.54. The van der Waals surface area contributed by atoms with Gasteiger partial charge in [-0.2, -0.15) is 0 Å². The Morgan fingerprint density at radius 2 is 2.30 bits per heavy atom. The Kier molecular flexibility index (Phi) is 1.20. The van der Waals surface area contributed by atoms with E-state index in [-0.39, 0.29) is 11.7 Å². The topological polar surface area (TPSA) is 12.5 Å². The van der Waals surface area contributed by atoms with E-state index in [2.05, 4.69) is 0 Å². The largest absolute Gasteiger partial charge is 0.356 e. The van der Waals surface area contributed by atoms with Crippen molar-refractivity contribution in [2.75, 3.05) is 0 Å². The van der Waals surface area contributed by atoms with Gasteiger partial charge in [-0.05, 0) is 19.1 Å². The zero-order chi connectivity index (χ0) is 7.35. The molecule has 0 radical (unpaired) electrons. The Labute approximate surface area is 69.3 Å². The second-order valence-corrected chi connectivity index (χ2v) is 3.61. The fourth-order valence-electron chi connectivity index (χ4n) is 1.18. The Hall–Kier alpha value is 0.0200. The van der Waals surface area contributed by atoms with Crippen molar-refractivity contribution in [2.45, 2.75) is 18.6 Å². The molecular formula is C7H6Cl2O. The molecule has 0 spiro atoms. The lowest BCUT2D eigenvalue weighted by molar-refractivity contribution is 0.356. The average molecular weight is 177 g/mol. The summed E-state index contributed by atoms with van der Waals surface area (Å²) in [5, 5.41) is 1.37. The summed E-state index contributed by atoms with van der Waals surface area (Å²) in [6.07, 6.45) is 3.67. The van der Waals surface area contributed by atoms with Crippen LogP contribution in [0.25, 0.3) is 0 Å². The van der Waals surface area contributed by atoms with E-state index in [4.69, 9.17) is 27.9 Å². The van der Waals surface area contributed by atoms with Crippen molar-refractivity contribution in [3.8, 4) is 0 Å². The number of halogens is 2. The lowest BCUT2D eigenvalue weighted by atomic mass is 10.0. The first kappa shape index (κ1) is 6.71. The first-order chi connectivity index (χ1) is 4.62. The Morgan fingerprint density at radius 3 is 2.90 bits per heavy atom. The zero-order valence-electron chi connectivity index (χ0n) is 5.40. The van der Waals surface area contributed by atoms with E-state index in [1.54, 1.807) is 6.08 Å². The molecule has 0 amide bonds. The van der Waals surface area contributed by atoms with Crippen LogP contribution in [0.5, 0.6) is 0 Å². The van der Waals surface area contributed by atoms with Crippen molar-refractivity contribution in [2.24, 2.45) is 0 Å². The van der Waals surface area contributed by atoms with Crippen LogP contribution in [0.15, 0.2) is 22.2 Å². The molecule has 3 heteroatoms. The van der Waals surface area contributed by atoms with Crippen molar-refractivity contribution in [1.29, 1.82) is 0 Å². The number of hydrogen-bond donors (Lipinski definition) is 0. The van der Waals surface area contributed by atoms with Gasteiger partial charge in [-0.1, -0.05) is 23.2 Å². The Morgan fingerprint density at radius 1 is 1.60 bits per heavy atom. The third kappa shape index (κ3) is 0.815. The van der Waals surface area contributed by atoms with E-state index in [1.165, 1.54) is 0 Å². The third-order valence-electron chi connectivity index (χ3n) is 1.79. The molecule has 1 heterocycles. The first-order valence-electron chi connectivity index (χ1n) is 3.05. The third-order valence-corrected chi connectivity index (χ3v) is 2.31. The molecule has 2 unspecified atom stereocenters. The summed E-state index contributed by atoms with van der Waals surface area (Å²) in [6.45, 7) is 1.97. The van der Waals surface area contributed by atoms with E-state index in [9.17, 15) is 0 Å². The number of epoxide rings is 1. The Balaban J connectivity index is 2.38. The summed E-state index contributed by atoms with van der Waals surface area (Å²) >= 11 is 11.5. The molecule has 0 saturated carbocycles. The van der Waals surface area contributed by atoms with Crippen molar-refractivity contribution in [3.05, 3.63) is 22.2 Å². The molecule has 0 aromatic carbocycles. The smallest absolute Gasteiger partial charge is 0.127 e. The maximum Gasteiger partial charge on any atom is 0.127 e. The number of ether oxygens (including phenoxy) is 1. The average Bonchev–Trinajstić information content (AvgIpc) is 2.39. The molecule has 0 aromatic rings. The minimum Gasteiger partial charge on any atom is -0.356 e. The molecule has 0 N–H and O–H groups in total. The highest BCUT2D eigenvalue weighted by atomic mass is 35.5. The van der Waals surface area contributed by atoms with Gasteiger partial charge in [0.15, 0.2) is 0 Å². The van der Waals surface area contributed by atoms with Gasteiger partial charge in [-0.25, -0.2) is 0 Å². The van der Waals surface area contributed by atoms with Gasteiger partial charge in [-0.3, -0.25) is 0 Å². The minimum absolute atomic E-state index is 0.0664. The number of rotatable bonds is 0. The molecule has 2 aliphatic rings. The van der Waals surface area contributed by atoms with Crippen LogP contribution < -0.4 is 0 Å². The van der Waals surface area contributed by atoms with Crippen LogP contribution in [0.4, 0.5) is 0 Å². The van der Waals surface area contributed by atoms with Gasteiger partial charge in [-0.15, -0.1) is 0 Å². The van der Waals surface area contributed by atoms with Crippen LogP contribution >= 0.6 is 23.2 Å². The number of fused-ring (bicyclic) bond motifs is 1. The molecule has 2 atom stereocenters. The molecule has 0 bridgehead atoms. The summed E-state index contributed by atoms with van der Waals surface area (Å²) < 4.78 is 5.29. The normalized spacial score (nSPS) is 43.7. The fraction of sp³-hybridized carbons (Fsp3) is 0.429. The summed E-state index contributed by atoms with van der Waals surface area (Å²) in [5.74, 6) is 0. The molecule has 54 valence electrons. The molecule has 1 saturated heterocycles. The van der Waals surface area contributed by atoms with E-state index >= 15 is 0 Å². The first-order valence-corrected chi connectivity index (χ1v) is 3.81. The van der Waals surface area contributed by atoms with Crippen molar-refractivity contribution < 1.29 is 4.74 Å². The van der Waals surface area contributed by atoms with Gasteiger partial charge in [0.05, 0.1) is 5.03 Å². The minimum atomic E-state index is -0.205. The predicted octanol–water partition coefficient (Wildman–Crippen LogP) is 2.40. The maximum atomic E-state index is 5.80. The molecule has 1 aliphatic carbocycles. The standard InChI is InChI=1S/C7H6Cl2O/c1-7-3-4(8)2-5(9)6(7)10-7/h2-3,6H,1H3. The summed E-state index contributed by atoms with van der Waals surface area (Å²) in [6, 6.07) is 0. The van der Waals surface area contributed by atoms with Crippen LogP contribution in [-0.4, -0.2) is 11.7 Å². The van der Waals surface area contributed by atoms with E-state index < -0.39 is 0 Å². The van der Waals surface area contributed by atoms with E-state index in [0.29, 0.717) is 10.1 Å². The molecule has 2 rings (SSSR count). The summed E-state index contributed by atoms with van der Waals surface area (Å²) in [4.78, 5) is 0. The van der Waals surface area contributed by atoms with Gasteiger partial charge < -0.3 is 4.74 Å². The van der Waals surface area contributed by atoms with Crippen LogP contribution in [0, 0.1) is 0 Å². The molecule has 1 fully saturated rings. The van der Waals surface area contributed by atoms with Gasteiger partial charge in [0, 0.05) is 5.03 Å². The van der Waals surface area contributed by atoms with Crippen LogP contribution in [-0.2, 0) is 4.74 Å². The summed E-state index contributed by atoms with van der Waals surface area (Å²) in [5.41, 5.74) is -0.205. The molecule has 1 nitrogen and oxygen atoms in total. The summed E-state index contributed by atoms with van der Waals surface area (Å²) in [7, 11) is 0. The van der Waals surface area contributed by atoms with E-state index in [1.807, 2.05) is 13.0 Å². The highest BCUT2D eigenvalue weighted by molar-refractivity contribution is 6.35. The Bertz CT molecular complexity index is 244. The number of hydrogen-bond acceptors (Lipinski definition) is 1. The van der Waals surface area contributed by atoms with Gasteiger partial charge in [0.1, 0.15) is 11.7 Å². The lowest BCUT2D eigenvalue weighted by Crippen LogP contribution is -2.09. The van der Waals surface area contributed by atoms with Gasteiger partial charge >= 0.3 is 0 Å². The molecule has 0 aromatic heterocycles. The number of allylic oxidation sites excluding steroid dienone is 2. The molecular weight excluding hydrogens is 171 g/mol. The van der Waals surface area contributed by atoms with Crippen LogP contribution in [0.3, 0.4) is 0 Å². The molecule has 1 aliphatic heterocycles. The fourth-order valence-corrected chi connectivity index (χ4v) is 1.95. The highest BCUT2D eigenvalue weighted by Crippen LogP contribution is 2.47. The van der Waals surface area contributed by atoms with Crippen molar-refractivity contribution >= 4 is 23.2 Å². The van der Waals surface area contributed by atoms with Crippen LogP contribution in [0.2, 0.25) is 0 Å². The van der Waals surface area contributed by atoms with Gasteiger partial charge in [0.2, 0.25) is 0 Å². The van der Waals surface area contributed by atoms with Crippen molar-refractivity contribution in [3.63, 3.8) is 0 Å². The zero-order valence-corrected chi connectivity index (χ0v) is 6.91. The van der Waals surface area contributed by atoms with Gasteiger partial charge in [0.25, 0.3) is 0 Å². The van der Waals surface area contributed by atoms with E-state index in [0.717, 1.165) is 0 Å². The quantitative estimate of drug-likeness (QED) is 0.517. The SMILES string of the molecule is CC12C=C(Cl)C=C(Cl)C1O2. The second kappa shape index (κ2) is 1.79.